The van der Waals surface area contributed by atoms with Gasteiger partial charge in [0.2, 0.25) is 5.91 Å². The summed E-state index contributed by atoms with van der Waals surface area (Å²) in [7, 11) is 0. The summed E-state index contributed by atoms with van der Waals surface area (Å²) < 4.78 is 0. The molecule has 0 aliphatic heterocycles. The molecule has 4 nitrogen and oxygen atoms in total. The zero-order valence-corrected chi connectivity index (χ0v) is 8.82. The molecule has 0 fully saturated rings. The molecule has 0 aliphatic rings. The maximum atomic E-state index is 11.5. The second kappa shape index (κ2) is 4.68. The van der Waals surface area contributed by atoms with Gasteiger partial charge >= 0.3 is 0 Å². The summed E-state index contributed by atoms with van der Waals surface area (Å²) in [5.74, 6) is -0.823. The van der Waals surface area contributed by atoms with Gasteiger partial charge in [0.05, 0.1) is 5.69 Å². The first-order valence-electron chi connectivity index (χ1n) is 4.88. The molecule has 4 heteroatoms. The van der Waals surface area contributed by atoms with Gasteiger partial charge in [-0.1, -0.05) is 19.9 Å². The molecule has 0 radical (unpaired) electrons. The lowest BCUT2D eigenvalue weighted by atomic mass is 10.1. The molecular weight excluding hydrogens is 194 g/mol. The predicted molar refractivity (Wildman–Crippen MR) is 57.9 cm³/mol. The van der Waals surface area contributed by atoms with E-state index in [0.29, 0.717) is 0 Å². The van der Waals surface area contributed by atoms with Crippen LogP contribution >= 0.6 is 0 Å². The van der Waals surface area contributed by atoms with Crippen LogP contribution in [0.1, 0.15) is 20.3 Å². The largest absolute Gasteiger partial charge is 0.504 e. The molecule has 0 bridgehead atoms. The van der Waals surface area contributed by atoms with Crippen LogP contribution in [-0.4, -0.2) is 16.1 Å². The van der Waals surface area contributed by atoms with Crippen molar-refractivity contribution in [2.24, 2.45) is 5.92 Å². The molecule has 1 atom stereocenters. The first-order chi connectivity index (χ1) is 7.06. The Morgan fingerprint density at radius 1 is 1.47 bits per heavy atom. The normalized spacial score (nSPS) is 12.1. The number of phenolic OH excluding ortho intramolecular Hbond substituents is 2. The molecule has 82 valence electrons. The molecule has 3 N–H and O–H groups in total. The third kappa shape index (κ3) is 2.62. The van der Waals surface area contributed by atoms with Crippen molar-refractivity contribution in [2.75, 3.05) is 5.32 Å². The standard InChI is InChI=1S/C11H15NO3/c1-3-7(2)11(15)12-8-5-4-6-9(13)10(8)14/h4-7,13-14H,3H2,1-2H3,(H,12,15). The van der Waals surface area contributed by atoms with E-state index in [0.717, 1.165) is 6.42 Å². The van der Waals surface area contributed by atoms with Gasteiger partial charge in [-0.15, -0.1) is 0 Å². The smallest absolute Gasteiger partial charge is 0.227 e. The van der Waals surface area contributed by atoms with Gasteiger partial charge in [-0.05, 0) is 18.6 Å². The van der Waals surface area contributed by atoms with Gasteiger partial charge in [0.25, 0.3) is 0 Å². The molecule has 0 saturated heterocycles. The highest BCUT2D eigenvalue weighted by Crippen LogP contribution is 2.32. The van der Waals surface area contributed by atoms with Crippen LogP contribution in [0.25, 0.3) is 0 Å². The summed E-state index contributed by atoms with van der Waals surface area (Å²) >= 11 is 0. The van der Waals surface area contributed by atoms with Crippen LogP contribution in [-0.2, 0) is 4.79 Å². The van der Waals surface area contributed by atoms with Crippen LogP contribution in [0.2, 0.25) is 0 Å². The Hall–Kier alpha value is -1.71. The number of aromatic hydroxyl groups is 2. The van der Waals surface area contributed by atoms with Crippen molar-refractivity contribution in [3.63, 3.8) is 0 Å². The van der Waals surface area contributed by atoms with Gasteiger partial charge in [0.1, 0.15) is 0 Å². The van der Waals surface area contributed by atoms with Gasteiger partial charge in [-0.25, -0.2) is 0 Å². The van der Waals surface area contributed by atoms with E-state index in [-0.39, 0.29) is 29.0 Å². The van der Waals surface area contributed by atoms with E-state index in [1.165, 1.54) is 12.1 Å². The molecule has 0 spiro atoms. The average molecular weight is 209 g/mol. The number of carbonyl (C=O) groups is 1. The molecule has 1 aromatic rings. The number of anilines is 1. The van der Waals surface area contributed by atoms with Crippen LogP contribution in [0, 0.1) is 5.92 Å². The Kier molecular flexibility index (Phi) is 3.55. The molecule has 1 unspecified atom stereocenters. The van der Waals surface area contributed by atoms with E-state index in [4.69, 9.17) is 0 Å². The lowest BCUT2D eigenvalue weighted by molar-refractivity contribution is -0.119. The van der Waals surface area contributed by atoms with Crippen molar-refractivity contribution in [1.29, 1.82) is 0 Å². The van der Waals surface area contributed by atoms with E-state index < -0.39 is 0 Å². The van der Waals surface area contributed by atoms with Crippen molar-refractivity contribution in [3.05, 3.63) is 18.2 Å². The molecule has 1 rings (SSSR count). The Morgan fingerprint density at radius 2 is 2.13 bits per heavy atom. The molecule has 0 aliphatic carbocycles. The van der Waals surface area contributed by atoms with E-state index in [2.05, 4.69) is 5.32 Å². The number of nitrogens with one attached hydrogen (secondary N) is 1. The molecule has 15 heavy (non-hydrogen) atoms. The number of benzene rings is 1. The van der Waals surface area contributed by atoms with Gasteiger partial charge in [0.15, 0.2) is 11.5 Å². The van der Waals surface area contributed by atoms with Gasteiger partial charge < -0.3 is 15.5 Å². The summed E-state index contributed by atoms with van der Waals surface area (Å²) in [6.07, 6.45) is 0.728. The first kappa shape index (κ1) is 11.4. The second-order valence-electron chi connectivity index (χ2n) is 3.47. The number of carbonyl (C=O) groups excluding carboxylic acids is 1. The number of amides is 1. The Balaban J connectivity index is 2.81. The van der Waals surface area contributed by atoms with Crippen LogP contribution in [0.4, 0.5) is 5.69 Å². The average Bonchev–Trinajstić information content (AvgIpc) is 2.23. The number of hydrogen-bond donors (Lipinski definition) is 3. The minimum absolute atomic E-state index is 0.119. The highest BCUT2D eigenvalue weighted by atomic mass is 16.3. The number of phenols is 2. The summed E-state index contributed by atoms with van der Waals surface area (Å²) in [6.45, 7) is 3.71. The van der Waals surface area contributed by atoms with E-state index in [1.54, 1.807) is 13.0 Å². The summed E-state index contributed by atoms with van der Waals surface area (Å²) in [5.41, 5.74) is 0.236. The van der Waals surface area contributed by atoms with Gasteiger partial charge in [-0.3, -0.25) is 4.79 Å². The Labute approximate surface area is 88.6 Å². The van der Waals surface area contributed by atoms with Crippen molar-refractivity contribution in [2.45, 2.75) is 20.3 Å². The SMILES string of the molecule is CCC(C)C(=O)Nc1cccc(O)c1O. The van der Waals surface area contributed by atoms with E-state index >= 15 is 0 Å². The predicted octanol–water partition coefficient (Wildman–Crippen LogP) is 2.08. The van der Waals surface area contributed by atoms with Gasteiger partial charge in [0, 0.05) is 5.92 Å². The van der Waals surface area contributed by atoms with Gasteiger partial charge in [-0.2, -0.15) is 0 Å². The third-order valence-electron chi connectivity index (χ3n) is 2.33. The lowest BCUT2D eigenvalue weighted by Gasteiger charge is -2.11. The second-order valence-corrected chi connectivity index (χ2v) is 3.47. The van der Waals surface area contributed by atoms with Crippen LogP contribution in [0.15, 0.2) is 18.2 Å². The summed E-state index contributed by atoms with van der Waals surface area (Å²) in [5, 5.41) is 21.2. The zero-order chi connectivity index (χ0) is 11.4. The molecule has 1 amide bonds. The highest BCUT2D eigenvalue weighted by Gasteiger charge is 2.13. The van der Waals surface area contributed by atoms with Crippen LogP contribution < -0.4 is 5.32 Å². The fourth-order valence-electron chi connectivity index (χ4n) is 1.07. The summed E-state index contributed by atoms with van der Waals surface area (Å²) in [6, 6.07) is 4.45. The zero-order valence-electron chi connectivity index (χ0n) is 8.82. The number of hydrogen-bond acceptors (Lipinski definition) is 3. The van der Waals surface area contributed by atoms with Crippen molar-refractivity contribution in [1.82, 2.24) is 0 Å². The summed E-state index contributed by atoms with van der Waals surface area (Å²) in [4.78, 5) is 11.5. The monoisotopic (exact) mass is 209 g/mol. The molecule has 1 aromatic carbocycles. The highest BCUT2D eigenvalue weighted by molar-refractivity contribution is 5.94. The first-order valence-corrected chi connectivity index (χ1v) is 4.88. The Bertz CT molecular complexity index is 363. The fraction of sp³-hybridized carbons (Fsp3) is 0.364. The van der Waals surface area contributed by atoms with E-state index in [9.17, 15) is 15.0 Å². The maximum absolute atomic E-state index is 11.5. The fourth-order valence-corrected chi connectivity index (χ4v) is 1.07. The number of rotatable bonds is 3. The molecular formula is C11H15NO3. The van der Waals surface area contributed by atoms with Crippen LogP contribution in [0.3, 0.4) is 0 Å². The number of para-hydroxylation sites is 1. The minimum Gasteiger partial charge on any atom is -0.504 e. The third-order valence-corrected chi connectivity index (χ3v) is 2.33. The van der Waals surface area contributed by atoms with Crippen molar-refractivity contribution >= 4 is 11.6 Å². The van der Waals surface area contributed by atoms with E-state index in [1.807, 2.05) is 6.92 Å². The van der Waals surface area contributed by atoms with Crippen molar-refractivity contribution < 1.29 is 15.0 Å². The topological polar surface area (TPSA) is 69.6 Å². The van der Waals surface area contributed by atoms with Crippen LogP contribution in [0.5, 0.6) is 11.5 Å². The molecule has 0 heterocycles. The quantitative estimate of drug-likeness (QED) is 0.667. The molecule has 0 saturated carbocycles. The maximum Gasteiger partial charge on any atom is 0.227 e. The lowest BCUT2D eigenvalue weighted by Crippen LogP contribution is -2.19. The minimum atomic E-state index is -0.297. The van der Waals surface area contributed by atoms with Crippen molar-refractivity contribution in [3.8, 4) is 11.5 Å². The molecule has 0 aromatic heterocycles. The Morgan fingerprint density at radius 3 is 2.73 bits per heavy atom.